The highest BCUT2D eigenvalue weighted by molar-refractivity contribution is 7.80. The van der Waals surface area contributed by atoms with Gasteiger partial charge in [-0.1, -0.05) is 48.9 Å². The fourth-order valence-corrected chi connectivity index (χ4v) is 5.22. The molecule has 0 amide bonds. The molecular weight excluding hydrogens is 362 g/mol. The van der Waals surface area contributed by atoms with E-state index in [0.29, 0.717) is 18.1 Å². The van der Waals surface area contributed by atoms with Crippen LogP contribution in [0.3, 0.4) is 0 Å². The van der Waals surface area contributed by atoms with Gasteiger partial charge in [-0.05, 0) is 74.5 Å². The SMILES string of the molecule is Cc1cccc(NC(=S)NC2CC3CCCC(C2)N3CCc2ccccc2)c1. The molecule has 0 aliphatic carbocycles. The van der Waals surface area contributed by atoms with Crippen molar-refractivity contribution in [2.45, 2.75) is 63.6 Å². The Morgan fingerprint density at radius 3 is 2.50 bits per heavy atom. The number of anilines is 1. The summed E-state index contributed by atoms with van der Waals surface area (Å²) in [5.41, 5.74) is 3.76. The molecule has 2 heterocycles. The fourth-order valence-electron chi connectivity index (χ4n) is 4.94. The van der Waals surface area contributed by atoms with E-state index in [0.717, 1.165) is 17.2 Å². The molecule has 2 N–H and O–H groups in total. The van der Waals surface area contributed by atoms with Gasteiger partial charge in [0, 0.05) is 30.4 Å². The molecule has 2 bridgehead atoms. The lowest BCUT2D eigenvalue weighted by Crippen LogP contribution is -2.57. The van der Waals surface area contributed by atoms with Gasteiger partial charge in [-0.2, -0.15) is 0 Å². The van der Waals surface area contributed by atoms with E-state index in [2.05, 4.69) is 77.1 Å². The van der Waals surface area contributed by atoms with Crippen molar-refractivity contribution < 1.29 is 0 Å². The van der Waals surface area contributed by atoms with Crippen LogP contribution in [-0.4, -0.2) is 34.7 Å². The van der Waals surface area contributed by atoms with Crippen LogP contribution >= 0.6 is 12.2 Å². The van der Waals surface area contributed by atoms with Crippen LogP contribution < -0.4 is 10.6 Å². The van der Waals surface area contributed by atoms with Gasteiger partial charge in [-0.25, -0.2) is 0 Å². The van der Waals surface area contributed by atoms with Gasteiger partial charge in [0.15, 0.2) is 5.11 Å². The summed E-state index contributed by atoms with van der Waals surface area (Å²) in [7, 11) is 0. The maximum absolute atomic E-state index is 5.60. The van der Waals surface area contributed by atoms with Crippen LogP contribution in [0.4, 0.5) is 5.69 Å². The van der Waals surface area contributed by atoms with Gasteiger partial charge >= 0.3 is 0 Å². The van der Waals surface area contributed by atoms with Gasteiger partial charge < -0.3 is 10.6 Å². The number of nitrogens with zero attached hydrogens (tertiary/aromatic N) is 1. The molecule has 2 fully saturated rings. The van der Waals surface area contributed by atoms with Crippen molar-refractivity contribution in [1.29, 1.82) is 0 Å². The Bertz CT molecular complexity index is 777. The van der Waals surface area contributed by atoms with E-state index in [1.807, 2.05) is 0 Å². The van der Waals surface area contributed by atoms with E-state index in [9.17, 15) is 0 Å². The van der Waals surface area contributed by atoms with Gasteiger partial charge in [0.05, 0.1) is 0 Å². The number of thiocarbonyl (C=S) groups is 1. The highest BCUT2D eigenvalue weighted by Crippen LogP contribution is 2.34. The number of nitrogens with one attached hydrogen (secondary N) is 2. The van der Waals surface area contributed by atoms with Crippen LogP contribution in [0.15, 0.2) is 54.6 Å². The molecule has 28 heavy (non-hydrogen) atoms. The first-order valence-corrected chi connectivity index (χ1v) is 11.0. The van der Waals surface area contributed by atoms with Crippen LogP contribution in [0, 0.1) is 6.92 Å². The maximum atomic E-state index is 5.60. The summed E-state index contributed by atoms with van der Waals surface area (Å²) in [5.74, 6) is 0. The largest absolute Gasteiger partial charge is 0.360 e. The zero-order chi connectivity index (χ0) is 19.3. The molecule has 2 atom stereocenters. The van der Waals surface area contributed by atoms with Gasteiger partial charge in [0.1, 0.15) is 0 Å². The summed E-state index contributed by atoms with van der Waals surface area (Å²) in [6.45, 7) is 3.28. The molecule has 4 rings (SSSR count). The first-order valence-electron chi connectivity index (χ1n) is 10.6. The molecule has 0 aromatic heterocycles. The fraction of sp³-hybridized carbons (Fsp3) is 0.458. The number of fused-ring (bicyclic) bond motifs is 2. The number of rotatable bonds is 5. The minimum Gasteiger partial charge on any atom is -0.360 e. The second-order valence-electron chi connectivity index (χ2n) is 8.35. The highest BCUT2D eigenvalue weighted by Gasteiger charge is 2.38. The number of hydrogen-bond donors (Lipinski definition) is 2. The van der Waals surface area contributed by atoms with Gasteiger partial charge in [-0.3, -0.25) is 4.90 Å². The molecule has 2 unspecified atom stereocenters. The van der Waals surface area contributed by atoms with Crippen molar-refractivity contribution in [3.63, 3.8) is 0 Å². The van der Waals surface area contributed by atoms with Gasteiger partial charge in [-0.15, -0.1) is 0 Å². The molecule has 4 heteroatoms. The highest BCUT2D eigenvalue weighted by atomic mass is 32.1. The molecule has 2 aromatic carbocycles. The Balaban J connectivity index is 1.32. The summed E-state index contributed by atoms with van der Waals surface area (Å²) in [6, 6.07) is 21.1. The summed E-state index contributed by atoms with van der Waals surface area (Å²) in [6.07, 6.45) is 7.56. The van der Waals surface area contributed by atoms with Crippen molar-refractivity contribution in [2.24, 2.45) is 0 Å². The molecule has 2 aliphatic heterocycles. The van der Waals surface area contributed by atoms with Crippen molar-refractivity contribution in [3.05, 3.63) is 65.7 Å². The molecule has 2 aromatic rings. The molecule has 3 nitrogen and oxygen atoms in total. The summed E-state index contributed by atoms with van der Waals surface area (Å²) >= 11 is 5.60. The lowest BCUT2D eigenvalue weighted by atomic mass is 9.81. The third kappa shape index (κ3) is 4.92. The van der Waals surface area contributed by atoms with E-state index < -0.39 is 0 Å². The molecule has 148 valence electrons. The third-order valence-electron chi connectivity index (χ3n) is 6.24. The Morgan fingerprint density at radius 1 is 1.04 bits per heavy atom. The van der Waals surface area contributed by atoms with E-state index in [4.69, 9.17) is 12.2 Å². The van der Waals surface area contributed by atoms with Crippen LogP contribution in [0.2, 0.25) is 0 Å². The molecule has 2 saturated heterocycles. The summed E-state index contributed by atoms with van der Waals surface area (Å²) in [5, 5.41) is 7.72. The number of piperidine rings is 2. The number of hydrogen-bond acceptors (Lipinski definition) is 2. The predicted octanol–water partition coefficient (Wildman–Crippen LogP) is 4.91. The lowest BCUT2D eigenvalue weighted by Gasteiger charge is -2.49. The Morgan fingerprint density at radius 2 is 1.79 bits per heavy atom. The maximum Gasteiger partial charge on any atom is 0.170 e. The topological polar surface area (TPSA) is 27.3 Å². The number of benzene rings is 2. The van der Waals surface area contributed by atoms with Crippen LogP contribution in [-0.2, 0) is 6.42 Å². The average molecular weight is 394 g/mol. The quantitative estimate of drug-likeness (QED) is 0.706. The second kappa shape index (κ2) is 9.06. The van der Waals surface area contributed by atoms with E-state index in [1.54, 1.807) is 0 Å². The Hall–Kier alpha value is -1.91. The molecular formula is C24H31N3S. The Labute approximate surface area is 174 Å². The second-order valence-corrected chi connectivity index (χ2v) is 8.76. The van der Waals surface area contributed by atoms with Crippen molar-refractivity contribution in [3.8, 4) is 0 Å². The van der Waals surface area contributed by atoms with E-state index in [-0.39, 0.29) is 0 Å². The molecule has 0 saturated carbocycles. The van der Waals surface area contributed by atoms with Crippen LogP contribution in [0.1, 0.15) is 43.2 Å². The van der Waals surface area contributed by atoms with Crippen molar-refractivity contribution in [2.75, 3.05) is 11.9 Å². The Kier molecular flexibility index (Phi) is 6.28. The normalized spacial score (nSPS) is 24.5. The van der Waals surface area contributed by atoms with Crippen molar-refractivity contribution in [1.82, 2.24) is 10.2 Å². The minimum absolute atomic E-state index is 0.480. The van der Waals surface area contributed by atoms with Crippen molar-refractivity contribution >= 4 is 23.0 Å². The monoisotopic (exact) mass is 393 g/mol. The van der Waals surface area contributed by atoms with E-state index >= 15 is 0 Å². The standard InChI is InChI=1S/C24H31N3S/c1-18-7-5-10-20(15-18)25-24(28)26-21-16-22-11-6-12-23(17-21)27(22)14-13-19-8-3-2-4-9-19/h2-5,7-10,15,21-23H,6,11-14,16-17H2,1H3,(H2,25,26,28). The zero-order valence-corrected chi connectivity index (χ0v) is 17.5. The minimum atomic E-state index is 0.480. The molecule has 2 aliphatic rings. The van der Waals surface area contributed by atoms with Gasteiger partial charge in [0.2, 0.25) is 0 Å². The van der Waals surface area contributed by atoms with Gasteiger partial charge in [0.25, 0.3) is 0 Å². The smallest absolute Gasteiger partial charge is 0.170 e. The first-order chi connectivity index (χ1) is 13.7. The molecule has 0 radical (unpaired) electrons. The zero-order valence-electron chi connectivity index (χ0n) is 16.7. The first kappa shape index (κ1) is 19.4. The van der Waals surface area contributed by atoms with Crippen LogP contribution in [0.5, 0.6) is 0 Å². The molecule has 0 spiro atoms. The predicted molar refractivity (Wildman–Crippen MR) is 122 cm³/mol. The van der Waals surface area contributed by atoms with Crippen LogP contribution in [0.25, 0.3) is 0 Å². The lowest BCUT2D eigenvalue weighted by molar-refractivity contribution is 0.0293. The summed E-state index contributed by atoms with van der Waals surface area (Å²) in [4.78, 5) is 2.78. The van der Waals surface area contributed by atoms with E-state index in [1.165, 1.54) is 49.8 Å². The average Bonchev–Trinajstić information content (AvgIpc) is 2.67. The number of aryl methyl sites for hydroxylation is 1. The third-order valence-corrected chi connectivity index (χ3v) is 6.46. The summed E-state index contributed by atoms with van der Waals surface area (Å²) < 4.78 is 0.